The Hall–Kier alpha value is -1.07. The molecule has 4 nitrogen and oxygen atoms in total. The third-order valence-electron chi connectivity index (χ3n) is 2.87. The molecule has 1 aromatic rings. The van der Waals surface area contributed by atoms with Gasteiger partial charge in [0.15, 0.2) is 0 Å². The molecule has 1 saturated carbocycles. The Kier molecular flexibility index (Phi) is 3.46. The van der Waals surface area contributed by atoms with Crippen molar-refractivity contribution in [2.24, 2.45) is 0 Å². The van der Waals surface area contributed by atoms with Gasteiger partial charge in [0.2, 0.25) is 5.88 Å². The Bertz CT molecular complexity index is 364. The van der Waals surface area contributed by atoms with Crippen LogP contribution in [0.2, 0.25) is 0 Å². The highest BCUT2D eigenvalue weighted by Gasteiger charge is 2.23. The van der Waals surface area contributed by atoms with Crippen LogP contribution in [0.1, 0.15) is 31.2 Å². The fourth-order valence-corrected chi connectivity index (χ4v) is 2.03. The van der Waals surface area contributed by atoms with Gasteiger partial charge < -0.3 is 14.8 Å². The number of aryl methyl sites for hydroxylation is 1. The van der Waals surface area contributed by atoms with Crippen LogP contribution in [-0.2, 0) is 0 Å². The monoisotopic (exact) mass is 221 g/mol. The van der Waals surface area contributed by atoms with Crippen molar-refractivity contribution in [1.82, 2.24) is 4.98 Å². The highest BCUT2D eigenvalue weighted by atomic mass is 16.5. The van der Waals surface area contributed by atoms with Crippen molar-refractivity contribution in [3.8, 4) is 5.88 Å². The molecular formula is C11H16BNO3. The summed E-state index contributed by atoms with van der Waals surface area (Å²) >= 11 is 0. The molecule has 0 aliphatic heterocycles. The first-order valence-corrected chi connectivity index (χ1v) is 5.66. The Balaban J connectivity index is 2.18. The summed E-state index contributed by atoms with van der Waals surface area (Å²) < 4.78 is 5.69. The quantitative estimate of drug-likeness (QED) is 0.725. The highest BCUT2D eigenvalue weighted by Crippen LogP contribution is 2.22. The van der Waals surface area contributed by atoms with Gasteiger partial charge in [0.25, 0.3) is 0 Å². The summed E-state index contributed by atoms with van der Waals surface area (Å²) in [6.07, 6.45) is 6.25. The summed E-state index contributed by atoms with van der Waals surface area (Å²) in [6.45, 7) is 1.86. The fraction of sp³-hybridized carbons (Fsp3) is 0.545. The van der Waals surface area contributed by atoms with E-state index in [-0.39, 0.29) is 6.10 Å². The van der Waals surface area contributed by atoms with E-state index in [0.29, 0.717) is 11.3 Å². The van der Waals surface area contributed by atoms with Crippen molar-refractivity contribution in [2.45, 2.75) is 38.7 Å². The minimum absolute atomic E-state index is 0.174. The maximum atomic E-state index is 9.24. The van der Waals surface area contributed by atoms with Crippen LogP contribution in [0.3, 0.4) is 0 Å². The molecule has 86 valence electrons. The molecule has 0 atom stereocenters. The summed E-state index contributed by atoms with van der Waals surface area (Å²) in [5.74, 6) is 0.354. The molecule has 1 aromatic heterocycles. The smallest absolute Gasteiger partial charge is 0.475 e. The maximum Gasteiger partial charge on any atom is 0.494 e. The standard InChI is InChI=1S/C11H16BNO3/c1-8-6-10(12(14)15)11(13-7-8)16-9-4-2-3-5-9/h6-7,9,14-15H,2-5H2,1H3. The van der Waals surface area contributed by atoms with Crippen LogP contribution in [-0.4, -0.2) is 28.3 Å². The predicted octanol–water partition coefficient (Wildman–Crippen LogP) is 0.391. The van der Waals surface area contributed by atoms with Crippen molar-refractivity contribution >= 4 is 12.6 Å². The second-order valence-electron chi connectivity index (χ2n) is 4.31. The molecule has 5 heteroatoms. The largest absolute Gasteiger partial charge is 0.494 e. The van der Waals surface area contributed by atoms with Gasteiger partial charge >= 0.3 is 7.12 Å². The molecule has 1 heterocycles. The number of hydrogen-bond acceptors (Lipinski definition) is 4. The third-order valence-corrected chi connectivity index (χ3v) is 2.87. The van der Waals surface area contributed by atoms with Crippen molar-refractivity contribution in [3.05, 3.63) is 17.8 Å². The van der Waals surface area contributed by atoms with E-state index in [9.17, 15) is 10.0 Å². The van der Waals surface area contributed by atoms with Gasteiger partial charge in [-0.2, -0.15) is 0 Å². The highest BCUT2D eigenvalue weighted by molar-refractivity contribution is 6.59. The lowest BCUT2D eigenvalue weighted by molar-refractivity contribution is 0.202. The lowest BCUT2D eigenvalue weighted by Gasteiger charge is -2.15. The second-order valence-corrected chi connectivity index (χ2v) is 4.31. The molecule has 0 unspecified atom stereocenters. The van der Waals surface area contributed by atoms with Crippen LogP contribution in [0.5, 0.6) is 5.88 Å². The number of aromatic nitrogens is 1. The molecule has 1 fully saturated rings. The van der Waals surface area contributed by atoms with Crippen LogP contribution in [0.4, 0.5) is 0 Å². The number of nitrogens with zero attached hydrogens (tertiary/aromatic N) is 1. The van der Waals surface area contributed by atoms with Gasteiger partial charge in [0.1, 0.15) is 6.10 Å². The van der Waals surface area contributed by atoms with Crippen LogP contribution in [0, 0.1) is 6.92 Å². The van der Waals surface area contributed by atoms with Gasteiger partial charge in [-0.3, -0.25) is 0 Å². The first-order chi connectivity index (χ1) is 7.66. The van der Waals surface area contributed by atoms with E-state index < -0.39 is 7.12 Å². The Morgan fingerprint density at radius 3 is 2.69 bits per heavy atom. The van der Waals surface area contributed by atoms with Gasteiger partial charge in [-0.1, -0.05) is 6.07 Å². The molecule has 0 saturated heterocycles. The minimum Gasteiger partial charge on any atom is -0.475 e. The van der Waals surface area contributed by atoms with Crippen LogP contribution >= 0.6 is 0 Å². The first-order valence-electron chi connectivity index (χ1n) is 5.66. The van der Waals surface area contributed by atoms with E-state index in [2.05, 4.69) is 4.98 Å². The van der Waals surface area contributed by atoms with E-state index >= 15 is 0 Å². The number of rotatable bonds is 3. The zero-order valence-electron chi connectivity index (χ0n) is 9.39. The molecular weight excluding hydrogens is 205 g/mol. The molecule has 16 heavy (non-hydrogen) atoms. The van der Waals surface area contributed by atoms with Crippen molar-refractivity contribution in [1.29, 1.82) is 0 Å². The van der Waals surface area contributed by atoms with Gasteiger partial charge in [-0.15, -0.1) is 0 Å². The summed E-state index contributed by atoms with van der Waals surface area (Å²) in [4.78, 5) is 4.12. The molecule has 0 bridgehead atoms. The number of pyridine rings is 1. The van der Waals surface area contributed by atoms with Crippen LogP contribution < -0.4 is 10.2 Å². The minimum atomic E-state index is -1.52. The summed E-state index contributed by atoms with van der Waals surface area (Å²) in [6, 6.07) is 1.70. The molecule has 2 N–H and O–H groups in total. The SMILES string of the molecule is Cc1cnc(OC2CCCC2)c(B(O)O)c1. The molecule has 1 aliphatic rings. The maximum absolute atomic E-state index is 9.24. The summed E-state index contributed by atoms with van der Waals surface area (Å²) in [5, 5.41) is 18.5. The Morgan fingerprint density at radius 2 is 2.06 bits per heavy atom. The number of hydrogen-bond donors (Lipinski definition) is 2. The first kappa shape index (κ1) is 11.4. The summed E-state index contributed by atoms with van der Waals surface area (Å²) in [7, 11) is -1.52. The van der Waals surface area contributed by atoms with Gasteiger partial charge in [-0.05, 0) is 38.2 Å². The lowest BCUT2D eigenvalue weighted by Crippen LogP contribution is -2.33. The predicted molar refractivity (Wildman–Crippen MR) is 61.7 cm³/mol. The van der Waals surface area contributed by atoms with Crippen molar-refractivity contribution in [2.75, 3.05) is 0 Å². The normalized spacial score (nSPS) is 16.4. The molecule has 0 radical (unpaired) electrons. The fourth-order valence-electron chi connectivity index (χ4n) is 2.03. The summed E-state index contributed by atoms with van der Waals surface area (Å²) in [5.41, 5.74) is 1.24. The van der Waals surface area contributed by atoms with E-state index in [4.69, 9.17) is 4.74 Å². The Labute approximate surface area is 95.4 Å². The van der Waals surface area contributed by atoms with E-state index in [0.717, 1.165) is 18.4 Å². The Morgan fingerprint density at radius 1 is 1.38 bits per heavy atom. The second kappa shape index (κ2) is 4.85. The molecule has 2 rings (SSSR count). The average molecular weight is 221 g/mol. The van der Waals surface area contributed by atoms with Crippen LogP contribution in [0.15, 0.2) is 12.3 Å². The van der Waals surface area contributed by atoms with Gasteiger partial charge in [0.05, 0.1) is 0 Å². The van der Waals surface area contributed by atoms with E-state index in [1.165, 1.54) is 12.8 Å². The molecule has 0 spiro atoms. The van der Waals surface area contributed by atoms with Gasteiger partial charge in [-0.25, -0.2) is 4.98 Å². The van der Waals surface area contributed by atoms with Crippen LogP contribution in [0.25, 0.3) is 0 Å². The van der Waals surface area contributed by atoms with Gasteiger partial charge in [0, 0.05) is 11.7 Å². The zero-order chi connectivity index (χ0) is 11.5. The van der Waals surface area contributed by atoms with Crippen molar-refractivity contribution in [3.63, 3.8) is 0 Å². The molecule has 0 aromatic carbocycles. The zero-order valence-corrected chi connectivity index (χ0v) is 9.39. The molecule has 0 amide bonds. The lowest BCUT2D eigenvalue weighted by atomic mass is 9.80. The third kappa shape index (κ3) is 2.54. The molecule has 1 aliphatic carbocycles. The van der Waals surface area contributed by atoms with Crippen molar-refractivity contribution < 1.29 is 14.8 Å². The number of ether oxygens (including phenoxy) is 1. The van der Waals surface area contributed by atoms with E-state index in [1.54, 1.807) is 12.3 Å². The topological polar surface area (TPSA) is 62.6 Å². The average Bonchev–Trinajstić information content (AvgIpc) is 2.73. The van der Waals surface area contributed by atoms with E-state index in [1.807, 2.05) is 6.92 Å².